The van der Waals surface area contributed by atoms with Gasteiger partial charge in [-0.3, -0.25) is 0 Å². The van der Waals surface area contributed by atoms with Crippen LogP contribution >= 0.6 is 0 Å². The van der Waals surface area contributed by atoms with Gasteiger partial charge in [-0.05, 0) is 17.9 Å². The first kappa shape index (κ1) is 14.7. The molecule has 0 aliphatic carbocycles. The van der Waals surface area contributed by atoms with Crippen molar-refractivity contribution >= 4 is 0 Å². The van der Waals surface area contributed by atoms with Crippen molar-refractivity contribution in [3.8, 4) is 0 Å². The normalized spacial score (nSPS) is 12.3. The Bertz CT molecular complexity index is 175. The van der Waals surface area contributed by atoms with Crippen LogP contribution in [0.15, 0.2) is 36.5 Å². The van der Waals surface area contributed by atoms with Crippen molar-refractivity contribution in [2.24, 2.45) is 5.41 Å². The van der Waals surface area contributed by atoms with E-state index in [0.29, 0.717) is 0 Å². The quantitative estimate of drug-likeness (QED) is 0.538. The van der Waals surface area contributed by atoms with Crippen molar-refractivity contribution in [3.05, 3.63) is 36.5 Å². The molecule has 0 nitrogen and oxygen atoms in total. The first-order chi connectivity index (χ1) is 6.02. The molecule has 0 radical (unpaired) electrons. The number of allylic oxidation sites excluding steroid dienone is 5. The highest BCUT2D eigenvalue weighted by molar-refractivity contribution is 5.26. The van der Waals surface area contributed by atoms with Crippen LogP contribution in [0.4, 0.5) is 0 Å². The molecular weight excluding hydrogens is 156 g/mol. The summed E-state index contributed by atoms with van der Waals surface area (Å²) in [5.41, 5.74) is 1.48. The standard InChI is InChI=1S/C11H18.C2H6/c1-6-8-9-10(7-2)11(3,4)5;1-2/h6-9H,2H2,1,3-5H3;1-2H3/b8-6-,10-9+;. The van der Waals surface area contributed by atoms with Gasteiger partial charge in [0, 0.05) is 0 Å². The molecule has 0 saturated carbocycles. The van der Waals surface area contributed by atoms with Crippen LogP contribution in [0.3, 0.4) is 0 Å². The third kappa shape index (κ3) is 7.58. The molecule has 0 aromatic heterocycles. The van der Waals surface area contributed by atoms with Crippen molar-refractivity contribution in [3.63, 3.8) is 0 Å². The first-order valence-corrected chi connectivity index (χ1v) is 4.98. The van der Waals surface area contributed by atoms with E-state index < -0.39 is 0 Å². The van der Waals surface area contributed by atoms with Crippen molar-refractivity contribution < 1.29 is 0 Å². The number of hydrogen-bond donors (Lipinski definition) is 0. The monoisotopic (exact) mass is 180 g/mol. The summed E-state index contributed by atoms with van der Waals surface area (Å²) < 4.78 is 0. The maximum atomic E-state index is 3.78. The highest BCUT2D eigenvalue weighted by Crippen LogP contribution is 2.25. The van der Waals surface area contributed by atoms with Crippen LogP contribution < -0.4 is 0 Å². The molecule has 0 N–H and O–H groups in total. The molecule has 0 atom stereocenters. The van der Waals surface area contributed by atoms with Gasteiger partial charge in [-0.25, -0.2) is 0 Å². The van der Waals surface area contributed by atoms with Crippen LogP contribution in [0.2, 0.25) is 0 Å². The maximum absolute atomic E-state index is 3.78. The summed E-state index contributed by atoms with van der Waals surface area (Å²) in [7, 11) is 0. The Hall–Kier alpha value is -0.780. The lowest BCUT2D eigenvalue weighted by molar-refractivity contribution is 0.517. The van der Waals surface area contributed by atoms with Gasteiger partial charge in [0.2, 0.25) is 0 Å². The predicted molar refractivity (Wildman–Crippen MR) is 63.9 cm³/mol. The van der Waals surface area contributed by atoms with Gasteiger partial charge in [-0.1, -0.05) is 65.5 Å². The first-order valence-electron chi connectivity index (χ1n) is 4.98. The van der Waals surface area contributed by atoms with Gasteiger partial charge in [0.05, 0.1) is 0 Å². The van der Waals surface area contributed by atoms with Gasteiger partial charge >= 0.3 is 0 Å². The average molecular weight is 180 g/mol. The maximum Gasteiger partial charge on any atom is -0.0132 e. The molecule has 0 rings (SSSR count). The molecular formula is C13H24. The third-order valence-corrected chi connectivity index (χ3v) is 1.55. The van der Waals surface area contributed by atoms with Crippen molar-refractivity contribution in [1.82, 2.24) is 0 Å². The van der Waals surface area contributed by atoms with Crippen LogP contribution in [0.1, 0.15) is 41.5 Å². The lowest BCUT2D eigenvalue weighted by atomic mass is 9.86. The fourth-order valence-electron chi connectivity index (χ4n) is 0.824. The minimum Gasteiger partial charge on any atom is -0.0988 e. The van der Waals surface area contributed by atoms with Gasteiger partial charge in [0.25, 0.3) is 0 Å². The summed E-state index contributed by atoms with van der Waals surface area (Å²) in [5, 5.41) is 0. The lowest BCUT2D eigenvalue weighted by Crippen LogP contribution is -2.06. The smallest absolute Gasteiger partial charge is 0.0132 e. The molecule has 0 unspecified atom stereocenters. The molecule has 13 heavy (non-hydrogen) atoms. The Morgan fingerprint density at radius 3 is 1.85 bits per heavy atom. The van der Waals surface area contributed by atoms with E-state index in [9.17, 15) is 0 Å². The highest BCUT2D eigenvalue weighted by Gasteiger charge is 2.12. The summed E-state index contributed by atoms with van der Waals surface area (Å²) >= 11 is 0. The largest absolute Gasteiger partial charge is 0.0988 e. The SMILES string of the molecule is C=C/C(=C\C=C/C)C(C)(C)C.CC. The molecule has 0 aliphatic heterocycles. The van der Waals surface area contributed by atoms with Crippen LogP contribution in [0, 0.1) is 5.41 Å². The molecule has 76 valence electrons. The Kier molecular flexibility index (Phi) is 8.89. The molecule has 0 heterocycles. The molecule has 0 heteroatoms. The number of rotatable bonds is 2. The molecule has 0 aromatic carbocycles. The van der Waals surface area contributed by atoms with Crippen molar-refractivity contribution in [1.29, 1.82) is 0 Å². The van der Waals surface area contributed by atoms with Crippen LogP contribution in [-0.2, 0) is 0 Å². The zero-order valence-electron chi connectivity index (χ0n) is 10.0. The lowest BCUT2D eigenvalue weighted by Gasteiger charge is -2.19. The molecule has 0 aliphatic rings. The van der Waals surface area contributed by atoms with Crippen LogP contribution in [0.25, 0.3) is 0 Å². The van der Waals surface area contributed by atoms with Crippen LogP contribution in [-0.4, -0.2) is 0 Å². The molecule has 0 spiro atoms. The van der Waals surface area contributed by atoms with Gasteiger partial charge < -0.3 is 0 Å². The van der Waals surface area contributed by atoms with E-state index in [2.05, 4.69) is 33.4 Å². The van der Waals surface area contributed by atoms with Crippen molar-refractivity contribution in [2.45, 2.75) is 41.5 Å². The minimum absolute atomic E-state index is 0.210. The van der Waals surface area contributed by atoms with E-state index in [0.717, 1.165) is 0 Å². The molecule has 0 fully saturated rings. The summed E-state index contributed by atoms with van der Waals surface area (Å²) in [6.07, 6.45) is 8.09. The summed E-state index contributed by atoms with van der Waals surface area (Å²) in [4.78, 5) is 0. The third-order valence-electron chi connectivity index (χ3n) is 1.55. The van der Waals surface area contributed by atoms with Gasteiger partial charge in [-0.2, -0.15) is 0 Å². The van der Waals surface area contributed by atoms with Gasteiger partial charge in [-0.15, -0.1) is 0 Å². The van der Waals surface area contributed by atoms with Gasteiger partial charge in [0.15, 0.2) is 0 Å². The van der Waals surface area contributed by atoms with Gasteiger partial charge in [0.1, 0.15) is 0 Å². The molecule has 0 bridgehead atoms. The molecule has 0 saturated heterocycles. The molecule has 0 aromatic rings. The zero-order valence-corrected chi connectivity index (χ0v) is 10.0. The Labute approximate surface area is 84.1 Å². The van der Waals surface area contributed by atoms with Crippen molar-refractivity contribution in [2.75, 3.05) is 0 Å². The summed E-state index contributed by atoms with van der Waals surface area (Å²) in [6.45, 7) is 16.3. The second-order valence-electron chi connectivity index (χ2n) is 3.60. The zero-order chi connectivity index (χ0) is 10.9. The van der Waals surface area contributed by atoms with E-state index in [1.807, 2.05) is 39.0 Å². The van der Waals surface area contributed by atoms with E-state index in [1.54, 1.807) is 0 Å². The second kappa shape index (κ2) is 7.85. The minimum atomic E-state index is 0.210. The topological polar surface area (TPSA) is 0 Å². The van der Waals surface area contributed by atoms with E-state index in [4.69, 9.17) is 0 Å². The average Bonchev–Trinajstić information content (AvgIpc) is 2.07. The Morgan fingerprint density at radius 1 is 1.15 bits per heavy atom. The van der Waals surface area contributed by atoms with E-state index in [-0.39, 0.29) is 5.41 Å². The second-order valence-corrected chi connectivity index (χ2v) is 3.60. The number of hydrogen-bond acceptors (Lipinski definition) is 0. The fraction of sp³-hybridized carbons (Fsp3) is 0.538. The van der Waals surface area contributed by atoms with Crippen LogP contribution in [0.5, 0.6) is 0 Å². The Morgan fingerprint density at radius 2 is 1.62 bits per heavy atom. The molecule has 0 amide bonds. The Balaban J connectivity index is 0. The predicted octanol–water partition coefficient (Wildman–Crippen LogP) is 4.75. The summed E-state index contributed by atoms with van der Waals surface area (Å²) in [6, 6.07) is 0. The fourth-order valence-corrected chi connectivity index (χ4v) is 0.824. The van der Waals surface area contributed by atoms with E-state index >= 15 is 0 Å². The van der Waals surface area contributed by atoms with E-state index in [1.165, 1.54) is 5.57 Å². The summed E-state index contributed by atoms with van der Waals surface area (Å²) in [5.74, 6) is 0. The highest BCUT2D eigenvalue weighted by atomic mass is 14.2.